The largest absolute Gasteiger partial charge is 0.308 e. The molecule has 3 heteroatoms. The summed E-state index contributed by atoms with van der Waals surface area (Å²) in [4.78, 5) is 2.23. The summed E-state index contributed by atoms with van der Waals surface area (Å²) in [6, 6.07) is 7.73. The van der Waals surface area contributed by atoms with E-state index >= 15 is 0 Å². The Labute approximate surface area is 113 Å². The highest BCUT2D eigenvalue weighted by atomic mass is 79.9. The monoisotopic (exact) mass is 296 g/mol. The second kappa shape index (κ2) is 5.51. The fraction of sp³-hybridized carbons (Fsp3) is 0.571. The predicted octanol–water partition coefficient (Wildman–Crippen LogP) is 2.98. The summed E-state index contributed by atoms with van der Waals surface area (Å²) in [6.07, 6.45) is 2.42. The SMILES string of the molecule is CC(CN(C)C)NC1CCc2cc(Br)ccc21. The van der Waals surface area contributed by atoms with Crippen LogP contribution in [0, 0.1) is 0 Å². The first-order valence-electron chi connectivity index (χ1n) is 6.25. The fourth-order valence-corrected chi connectivity index (χ4v) is 3.11. The zero-order chi connectivity index (χ0) is 12.4. The summed E-state index contributed by atoms with van der Waals surface area (Å²) < 4.78 is 1.19. The van der Waals surface area contributed by atoms with Crippen molar-refractivity contribution >= 4 is 15.9 Å². The van der Waals surface area contributed by atoms with Crippen molar-refractivity contribution in [1.29, 1.82) is 0 Å². The van der Waals surface area contributed by atoms with Crippen molar-refractivity contribution in [2.45, 2.75) is 31.8 Å². The molecule has 2 unspecified atom stereocenters. The van der Waals surface area contributed by atoms with Crippen molar-refractivity contribution in [3.05, 3.63) is 33.8 Å². The number of halogens is 1. The lowest BCUT2D eigenvalue weighted by atomic mass is 10.1. The second-order valence-electron chi connectivity index (χ2n) is 5.26. The lowest BCUT2D eigenvalue weighted by Gasteiger charge is -2.23. The maximum Gasteiger partial charge on any atom is 0.0328 e. The van der Waals surface area contributed by atoms with E-state index in [1.165, 1.54) is 28.4 Å². The van der Waals surface area contributed by atoms with Gasteiger partial charge in [-0.2, -0.15) is 0 Å². The van der Waals surface area contributed by atoms with Gasteiger partial charge in [-0.15, -0.1) is 0 Å². The Hall–Kier alpha value is -0.380. The molecule has 2 nitrogen and oxygen atoms in total. The standard InChI is InChI=1S/C14H21BrN2/c1-10(9-17(2)3)16-14-7-4-11-8-12(15)5-6-13(11)14/h5-6,8,10,14,16H,4,7,9H2,1-3H3. The normalized spacial score (nSPS) is 20.6. The minimum absolute atomic E-state index is 0.532. The van der Waals surface area contributed by atoms with Crippen molar-refractivity contribution in [3.63, 3.8) is 0 Å². The van der Waals surface area contributed by atoms with Gasteiger partial charge in [0.1, 0.15) is 0 Å². The molecular weight excluding hydrogens is 276 g/mol. The van der Waals surface area contributed by atoms with Crippen LogP contribution in [-0.2, 0) is 6.42 Å². The molecule has 0 saturated carbocycles. The molecule has 0 fully saturated rings. The maximum absolute atomic E-state index is 3.73. The van der Waals surface area contributed by atoms with E-state index in [-0.39, 0.29) is 0 Å². The van der Waals surface area contributed by atoms with Crippen LogP contribution in [0.5, 0.6) is 0 Å². The van der Waals surface area contributed by atoms with Crippen LogP contribution in [0.3, 0.4) is 0 Å². The van der Waals surface area contributed by atoms with Crippen LogP contribution in [-0.4, -0.2) is 31.6 Å². The summed E-state index contributed by atoms with van der Waals surface area (Å²) in [5, 5.41) is 3.73. The van der Waals surface area contributed by atoms with E-state index in [1.54, 1.807) is 0 Å². The van der Waals surface area contributed by atoms with Gasteiger partial charge in [-0.3, -0.25) is 0 Å². The van der Waals surface area contributed by atoms with E-state index in [9.17, 15) is 0 Å². The Morgan fingerprint density at radius 1 is 1.47 bits per heavy atom. The zero-order valence-electron chi connectivity index (χ0n) is 10.8. The number of likely N-dealkylation sites (N-methyl/N-ethyl adjacent to an activating group) is 1. The quantitative estimate of drug-likeness (QED) is 0.919. The summed E-state index contributed by atoms with van der Waals surface area (Å²) in [5.41, 5.74) is 2.98. The first kappa shape index (κ1) is 13.1. The first-order chi connectivity index (χ1) is 8.06. The molecule has 1 aliphatic rings. The van der Waals surface area contributed by atoms with Crippen LogP contribution in [0.4, 0.5) is 0 Å². The molecule has 1 N–H and O–H groups in total. The van der Waals surface area contributed by atoms with Gasteiger partial charge in [0.25, 0.3) is 0 Å². The van der Waals surface area contributed by atoms with Crippen molar-refractivity contribution in [1.82, 2.24) is 10.2 Å². The molecule has 0 aromatic heterocycles. The van der Waals surface area contributed by atoms with Crippen molar-refractivity contribution in [2.24, 2.45) is 0 Å². The molecule has 0 saturated heterocycles. The average molecular weight is 297 g/mol. The van der Waals surface area contributed by atoms with E-state index in [4.69, 9.17) is 0 Å². The molecule has 94 valence electrons. The van der Waals surface area contributed by atoms with Gasteiger partial charge in [-0.05, 0) is 57.1 Å². The van der Waals surface area contributed by atoms with Crippen molar-refractivity contribution < 1.29 is 0 Å². The molecule has 1 aliphatic carbocycles. The van der Waals surface area contributed by atoms with Gasteiger partial charge in [0.15, 0.2) is 0 Å². The zero-order valence-corrected chi connectivity index (χ0v) is 12.4. The van der Waals surface area contributed by atoms with E-state index < -0.39 is 0 Å². The number of aryl methyl sites for hydroxylation is 1. The molecule has 0 spiro atoms. The Kier molecular flexibility index (Phi) is 4.23. The molecule has 0 amide bonds. The molecule has 0 heterocycles. The fourth-order valence-electron chi connectivity index (χ4n) is 2.70. The third-order valence-corrected chi connectivity index (χ3v) is 3.80. The van der Waals surface area contributed by atoms with Crippen LogP contribution in [0.15, 0.2) is 22.7 Å². The van der Waals surface area contributed by atoms with Crippen LogP contribution in [0.1, 0.15) is 30.5 Å². The van der Waals surface area contributed by atoms with Gasteiger partial charge in [-0.25, -0.2) is 0 Å². The third-order valence-electron chi connectivity index (χ3n) is 3.31. The van der Waals surface area contributed by atoms with Crippen LogP contribution in [0.2, 0.25) is 0 Å². The molecule has 2 atom stereocenters. The van der Waals surface area contributed by atoms with E-state index in [0.717, 1.165) is 6.54 Å². The topological polar surface area (TPSA) is 15.3 Å². The maximum atomic E-state index is 3.73. The van der Waals surface area contributed by atoms with Gasteiger partial charge >= 0.3 is 0 Å². The highest BCUT2D eigenvalue weighted by Crippen LogP contribution is 2.33. The molecule has 1 aromatic rings. The van der Waals surface area contributed by atoms with E-state index in [2.05, 4.69) is 65.4 Å². The Morgan fingerprint density at radius 2 is 2.24 bits per heavy atom. The molecule has 1 aromatic carbocycles. The molecule has 0 radical (unpaired) electrons. The number of hydrogen-bond acceptors (Lipinski definition) is 2. The number of benzene rings is 1. The number of nitrogens with zero attached hydrogens (tertiary/aromatic N) is 1. The number of fused-ring (bicyclic) bond motifs is 1. The van der Waals surface area contributed by atoms with Gasteiger partial charge in [0, 0.05) is 23.1 Å². The molecule has 0 aliphatic heterocycles. The first-order valence-corrected chi connectivity index (χ1v) is 7.04. The minimum Gasteiger partial charge on any atom is -0.308 e. The van der Waals surface area contributed by atoms with E-state index in [0.29, 0.717) is 12.1 Å². The Bertz CT molecular complexity index is 390. The predicted molar refractivity (Wildman–Crippen MR) is 76.4 cm³/mol. The second-order valence-corrected chi connectivity index (χ2v) is 6.18. The molecule has 2 rings (SSSR count). The van der Waals surface area contributed by atoms with Crippen LogP contribution < -0.4 is 5.32 Å². The lowest BCUT2D eigenvalue weighted by molar-refractivity contribution is 0.328. The molecule has 0 bridgehead atoms. The highest BCUT2D eigenvalue weighted by Gasteiger charge is 2.23. The van der Waals surface area contributed by atoms with Crippen molar-refractivity contribution in [2.75, 3.05) is 20.6 Å². The minimum atomic E-state index is 0.532. The number of hydrogen-bond donors (Lipinski definition) is 1. The van der Waals surface area contributed by atoms with E-state index in [1.807, 2.05) is 0 Å². The van der Waals surface area contributed by atoms with Gasteiger partial charge in [-0.1, -0.05) is 22.0 Å². The third kappa shape index (κ3) is 3.30. The Balaban J connectivity index is 2.02. The summed E-state index contributed by atoms with van der Waals surface area (Å²) in [7, 11) is 4.25. The average Bonchev–Trinajstić information content (AvgIpc) is 2.59. The summed E-state index contributed by atoms with van der Waals surface area (Å²) in [6.45, 7) is 3.35. The van der Waals surface area contributed by atoms with Gasteiger partial charge < -0.3 is 10.2 Å². The van der Waals surface area contributed by atoms with Crippen LogP contribution >= 0.6 is 15.9 Å². The number of nitrogens with one attached hydrogen (secondary N) is 1. The highest BCUT2D eigenvalue weighted by molar-refractivity contribution is 9.10. The Morgan fingerprint density at radius 3 is 2.94 bits per heavy atom. The lowest BCUT2D eigenvalue weighted by Crippen LogP contribution is -2.37. The summed E-state index contributed by atoms with van der Waals surface area (Å²) >= 11 is 3.54. The van der Waals surface area contributed by atoms with Gasteiger partial charge in [0.2, 0.25) is 0 Å². The van der Waals surface area contributed by atoms with Gasteiger partial charge in [0.05, 0.1) is 0 Å². The number of rotatable bonds is 4. The van der Waals surface area contributed by atoms with Crippen molar-refractivity contribution in [3.8, 4) is 0 Å². The molecule has 17 heavy (non-hydrogen) atoms. The van der Waals surface area contributed by atoms with Crippen LogP contribution in [0.25, 0.3) is 0 Å². The summed E-state index contributed by atoms with van der Waals surface area (Å²) in [5.74, 6) is 0. The smallest absolute Gasteiger partial charge is 0.0328 e. The molecular formula is C14H21BrN2.